The Bertz CT molecular complexity index is 315. The monoisotopic (exact) mass is 348 g/mol. The summed E-state index contributed by atoms with van der Waals surface area (Å²) in [6.45, 7) is 5.23. The van der Waals surface area contributed by atoms with Gasteiger partial charge in [-0.05, 0) is 37.0 Å². The fourth-order valence-electron chi connectivity index (χ4n) is 1.50. The molecule has 2 unspecified atom stereocenters. The van der Waals surface area contributed by atoms with Gasteiger partial charge in [0.15, 0.2) is 0 Å². The van der Waals surface area contributed by atoms with Gasteiger partial charge in [0, 0.05) is 9.30 Å². The van der Waals surface area contributed by atoms with Crippen LogP contribution in [0.1, 0.15) is 26.7 Å². The molecule has 0 N–H and O–H groups in total. The van der Waals surface area contributed by atoms with Gasteiger partial charge in [-0.1, -0.05) is 51.8 Å². The lowest BCUT2D eigenvalue weighted by atomic mass is 10.0. The lowest BCUT2D eigenvalue weighted by Gasteiger charge is -2.16. The predicted molar refractivity (Wildman–Crippen MR) is 76.4 cm³/mol. The molecule has 3 heteroatoms. The van der Waals surface area contributed by atoms with Crippen LogP contribution < -0.4 is 4.74 Å². The number of benzene rings is 1. The Hall–Kier alpha value is -0.0200. The molecular formula is C13H18Br2O. The van der Waals surface area contributed by atoms with Gasteiger partial charge in [0.25, 0.3) is 0 Å². The van der Waals surface area contributed by atoms with Gasteiger partial charge < -0.3 is 4.74 Å². The van der Waals surface area contributed by atoms with Crippen molar-refractivity contribution in [2.24, 2.45) is 5.92 Å². The zero-order valence-corrected chi connectivity index (χ0v) is 12.9. The fourth-order valence-corrected chi connectivity index (χ4v) is 2.15. The van der Waals surface area contributed by atoms with Gasteiger partial charge in [0.05, 0.1) is 6.61 Å². The lowest BCUT2D eigenvalue weighted by molar-refractivity contribution is 0.281. The first-order chi connectivity index (χ1) is 7.63. The van der Waals surface area contributed by atoms with Crippen LogP contribution in [0.4, 0.5) is 0 Å². The summed E-state index contributed by atoms with van der Waals surface area (Å²) in [5.41, 5.74) is 0. The molecule has 0 bridgehead atoms. The van der Waals surface area contributed by atoms with Crippen LogP contribution in [0.5, 0.6) is 5.75 Å². The van der Waals surface area contributed by atoms with E-state index in [-0.39, 0.29) is 0 Å². The fraction of sp³-hybridized carbons (Fsp3) is 0.538. The summed E-state index contributed by atoms with van der Waals surface area (Å²) in [6, 6.07) is 7.97. The third-order valence-corrected chi connectivity index (χ3v) is 4.69. The minimum atomic E-state index is 0.596. The molecule has 1 rings (SSSR count). The summed E-state index contributed by atoms with van der Waals surface area (Å²) in [5, 5.41) is 0. The van der Waals surface area contributed by atoms with E-state index < -0.39 is 0 Å². The van der Waals surface area contributed by atoms with Crippen molar-refractivity contribution in [1.82, 2.24) is 0 Å². The quantitative estimate of drug-likeness (QED) is 0.654. The highest BCUT2D eigenvalue weighted by molar-refractivity contribution is 9.10. The van der Waals surface area contributed by atoms with Gasteiger partial charge >= 0.3 is 0 Å². The van der Waals surface area contributed by atoms with Crippen molar-refractivity contribution in [3.05, 3.63) is 28.7 Å². The van der Waals surface area contributed by atoms with Crippen molar-refractivity contribution < 1.29 is 4.74 Å². The van der Waals surface area contributed by atoms with E-state index in [1.54, 1.807) is 0 Å². The first-order valence-corrected chi connectivity index (χ1v) is 7.36. The maximum absolute atomic E-state index is 5.70. The zero-order valence-electron chi connectivity index (χ0n) is 9.75. The van der Waals surface area contributed by atoms with E-state index in [2.05, 4.69) is 45.7 Å². The second-order valence-corrected chi connectivity index (χ2v) is 6.09. The van der Waals surface area contributed by atoms with E-state index in [0.29, 0.717) is 10.7 Å². The molecule has 1 aromatic rings. The Labute approximate surface area is 115 Å². The average molecular weight is 350 g/mol. The number of alkyl halides is 1. The van der Waals surface area contributed by atoms with Gasteiger partial charge in [0.1, 0.15) is 5.75 Å². The highest BCUT2D eigenvalue weighted by atomic mass is 79.9. The molecule has 1 aromatic carbocycles. The van der Waals surface area contributed by atoms with Gasteiger partial charge in [-0.15, -0.1) is 0 Å². The van der Waals surface area contributed by atoms with E-state index in [4.69, 9.17) is 4.74 Å². The molecule has 0 fully saturated rings. The highest BCUT2D eigenvalue weighted by Crippen LogP contribution is 2.21. The standard InChI is InChI=1S/C13H18Br2O/c1-3-13(15)10(2)7-8-16-12-6-4-5-11(14)9-12/h4-6,9-10,13H,3,7-8H2,1-2H3. The summed E-state index contributed by atoms with van der Waals surface area (Å²) >= 11 is 7.11. The molecule has 0 saturated carbocycles. The summed E-state index contributed by atoms with van der Waals surface area (Å²) in [4.78, 5) is 0.596. The Morgan fingerprint density at radius 3 is 2.75 bits per heavy atom. The maximum Gasteiger partial charge on any atom is 0.120 e. The van der Waals surface area contributed by atoms with Crippen molar-refractivity contribution >= 4 is 31.9 Å². The van der Waals surface area contributed by atoms with Crippen LogP contribution in [0.25, 0.3) is 0 Å². The van der Waals surface area contributed by atoms with Crippen molar-refractivity contribution in [3.63, 3.8) is 0 Å². The lowest BCUT2D eigenvalue weighted by Crippen LogP contribution is -2.13. The third kappa shape index (κ3) is 4.88. The Morgan fingerprint density at radius 1 is 1.38 bits per heavy atom. The van der Waals surface area contributed by atoms with Gasteiger partial charge in [0.2, 0.25) is 0 Å². The number of hydrogen-bond donors (Lipinski definition) is 0. The number of halogens is 2. The minimum Gasteiger partial charge on any atom is -0.494 e. The molecule has 90 valence electrons. The number of ether oxygens (including phenoxy) is 1. The van der Waals surface area contributed by atoms with Gasteiger partial charge in [-0.25, -0.2) is 0 Å². The second-order valence-electron chi connectivity index (χ2n) is 4.00. The van der Waals surface area contributed by atoms with Crippen LogP contribution in [-0.2, 0) is 0 Å². The Kier molecular flexibility index (Phi) is 6.44. The molecule has 16 heavy (non-hydrogen) atoms. The first-order valence-electron chi connectivity index (χ1n) is 5.66. The van der Waals surface area contributed by atoms with Crippen molar-refractivity contribution in [2.75, 3.05) is 6.61 Å². The molecule has 0 radical (unpaired) electrons. The first kappa shape index (κ1) is 14.0. The minimum absolute atomic E-state index is 0.596. The largest absolute Gasteiger partial charge is 0.494 e. The normalized spacial score (nSPS) is 14.5. The molecule has 1 nitrogen and oxygen atoms in total. The molecule has 0 amide bonds. The zero-order chi connectivity index (χ0) is 12.0. The summed E-state index contributed by atoms with van der Waals surface area (Å²) in [6.07, 6.45) is 2.24. The Balaban J connectivity index is 2.30. The summed E-state index contributed by atoms with van der Waals surface area (Å²) in [5.74, 6) is 1.58. The van der Waals surface area contributed by atoms with Crippen LogP contribution in [0.2, 0.25) is 0 Å². The Morgan fingerprint density at radius 2 is 2.12 bits per heavy atom. The van der Waals surface area contributed by atoms with Crippen LogP contribution in [0.3, 0.4) is 0 Å². The molecular weight excluding hydrogens is 332 g/mol. The maximum atomic E-state index is 5.70. The van der Waals surface area contributed by atoms with E-state index in [1.165, 1.54) is 0 Å². The molecule has 0 aliphatic carbocycles. The van der Waals surface area contributed by atoms with E-state index in [9.17, 15) is 0 Å². The molecule has 0 heterocycles. The predicted octanol–water partition coefficient (Wildman–Crippen LogP) is 5.03. The highest BCUT2D eigenvalue weighted by Gasteiger charge is 2.11. The van der Waals surface area contributed by atoms with Gasteiger partial charge in [-0.2, -0.15) is 0 Å². The SMILES string of the molecule is CCC(Br)C(C)CCOc1cccc(Br)c1. The van der Waals surface area contributed by atoms with Crippen LogP contribution in [0.15, 0.2) is 28.7 Å². The number of hydrogen-bond acceptors (Lipinski definition) is 1. The summed E-state index contributed by atoms with van der Waals surface area (Å²) in [7, 11) is 0. The smallest absolute Gasteiger partial charge is 0.120 e. The molecule has 0 spiro atoms. The summed E-state index contributed by atoms with van der Waals surface area (Å²) < 4.78 is 6.76. The van der Waals surface area contributed by atoms with E-state index in [0.717, 1.165) is 29.7 Å². The van der Waals surface area contributed by atoms with Crippen molar-refractivity contribution in [2.45, 2.75) is 31.5 Å². The topological polar surface area (TPSA) is 9.23 Å². The molecule has 0 aromatic heterocycles. The number of rotatable bonds is 6. The third-order valence-electron chi connectivity index (χ3n) is 2.65. The molecule has 0 aliphatic rings. The van der Waals surface area contributed by atoms with Crippen LogP contribution in [0, 0.1) is 5.92 Å². The average Bonchev–Trinajstić information content (AvgIpc) is 2.28. The second kappa shape index (κ2) is 7.33. The van der Waals surface area contributed by atoms with Crippen LogP contribution >= 0.6 is 31.9 Å². The molecule has 2 atom stereocenters. The van der Waals surface area contributed by atoms with E-state index >= 15 is 0 Å². The van der Waals surface area contributed by atoms with Crippen LogP contribution in [-0.4, -0.2) is 11.4 Å². The van der Waals surface area contributed by atoms with Gasteiger partial charge in [-0.3, -0.25) is 0 Å². The van der Waals surface area contributed by atoms with Crippen molar-refractivity contribution in [1.29, 1.82) is 0 Å². The van der Waals surface area contributed by atoms with Crippen molar-refractivity contribution in [3.8, 4) is 5.75 Å². The molecule has 0 aliphatic heterocycles. The molecule has 0 saturated heterocycles. The van der Waals surface area contributed by atoms with E-state index in [1.807, 2.05) is 24.3 Å².